The van der Waals surface area contributed by atoms with E-state index in [1.807, 2.05) is 29.2 Å². The van der Waals surface area contributed by atoms with E-state index in [1.54, 1.807) is 18.7 Å². The summed E-state index contributed by atoms with van der Waals surface area (Å²) < 4.78 is 61.1. The molecule has 1 saturated carbocycles. The molecule has 0 radical (unpaired) electrons. The summed E-state index contributed by atoms with van der Waals surface area (Å²) in [7, 11) is 1.77. The van der Waals surface area contributed by atoms with Crippen molar-refractivity contribution >= 4 is 49.4 Å². The Labute approximate surface area is 304 Å². The number of β-amino-alcohol motifs (C(OH)–C–C–N with tert-alkyl or cyclic N) is 1. The van der Waals surface area contributed by atoms with Crippen LogP contribution in [0.15, 0.2) is 42.5 Å². The maximum Gasteiger partial charge on any atom is 0.282 e. The molecule has 2 fully saturated rings. The van der Waals surface area contributed by atoms with Gasteiger partial charge in [-0.3, -0.25) is 14.2 Å². The van der Waals surface area contributed by atoms with Crippen molar-refractivity contribution in [3.8, 4) is 11.1 Å². The molecule has 2 unspecified atom stereocenters. The number of carbonyl (C=O) groups is 1. The average molecular weight is 746 g/mol. The number of alkyl halides is 2. The van der Waals surface area contributed by atoms with Crippen LogP contribution in [-0.2, 0) is 31.2 Å². The van der Waals surface area contributed by atoms with Gasteiger partial charge in [0.1, 0.15) is 23.9 Å². The molecule has 3 atom stereocenters. The largest absolute Gasteiger partial charge is 0.386 e. The molecular weight excluding hydrogens is 711 g/mol. The first kappa shape index (κ1) is 33.7. The fourth-order valence-corrected chi connectivity index (χ4v) is 9.21. The van der Waals surface area contributed by atoms with Gasteiger partial charge in [-0.05, 0) is 68.4 Å². The molecule has 5 heterocycles. The number of benzene rings is 2. The minimum atomic E-state index is -2.77. The van der Waals surface area contributed by atoms with E-state index in [0.29, 0.717) is 81.0 Å². The minimum Gasteiger partial charge on any atom is -0.386 e. The molecule has 11 nitrogen and oxygen atoms in total. The molecule has 0 spiro atoms. The van der Waals surface area contributed by atoms with E-state index in [-0.39, 0.29) is 30.1 Å². The summed E-state index contributed by atoms with van der Waals surface area (Å²) in [5.41, 5.74) is 9.41. The van der Waals surface area contributed by atoms with Gasteiger partial charge in [-0.15, -0.1) is 0 Å². The molecule has 0 bridgehead atoms. The number of pyridine rings is 1. The lowest BCUT2D eigenvalue weighted by Gasteiger charge is -2.43. The van der Waals surface area contributed by atoms with Gasteiger partial charge in [0.25, 0.3) is 6.43 Å². The highest BCUT2D eigenvalue weighted by Gasteiger charge is 2.47. The third kappa shape index (κ3) is 5.97. The molecule has 4 N–H and O–H groups in total. The van der Waals surface area contributed by atoms with Crippen molar-refractivity contribution in [1.29, 1.82) is 0 Å². The highest BCUT2D eigenvalue weighted by Crippen LogP contribution is 2.55. The van der Waals surface area contributed by atoms with Crippen molar-refractivity contribution in [3.63, 3.8) is 0 Å². The van der Waals surface area contributed by atoms with Gasteiger partial charge < -0.3 is 21.1 Å². The highest BCUT2D eigenvalue weighted by molar-refractivity contribution is 7.22. The predicted molar refractivity (Wildman–Crippen MR) is 192 cm³/mol. The standard InChI is InChI=1S/C37H35F4N9O2S/c1-37(52)15-49(16-37)36-45-35-27(53-36)13-25(21-4-3-5-23-31(21)48(2)47-34(23)42)29(44-35)26(10-17-8-19(38)12-20(39)9-17)43-28(51)14-50-32-22(30(46-50)33(40)41)7-6-18-11-24(18)32/h3-5,8-9,12-13,18,24,26,33,52H,6-7,10-11,14-16H2,1-2H3,(H2,42,47)(H,43,51)/t18?,24?,26-/m0/s1. The Morgan fingerprint density at radius 2 is 1.87 bits per heavy atom. The van der Waals surface area contributed by atoms with Gasteiger partial charge in [0, 0.05) is 46.8 Å². The summed E-state index contributed by atoms with van der Waals surface area (Å²) in [4.78, 5) is 25.9. The van der Waals surface area contributed by atoms with Gasteiger partial charge in [0.15, 0.2) is 16.6 Å². The number of hydrogen-bond donors (Lipinski definition) is 3. The quantitative estimate of drug-likeness (QED) is 0.154. The number of hydrogen-bond acceptors (Lipinski definition) is 9. The first-order chi connectivity index (χ1) is 25.3. The molecular formula is C37H35F4N9O2S. The summed E-state index contributed by atoms with van der Waals surface area (Å²) >= 11 is 1.41. The lowest BCUT2D eigenvalue weighted by molar-refractivity contribution is -0.122. The van der Waals surface area contributed by atoms with Gasteiger partial charge in [0.05, 0.1) is 40.6 Å². The second kappa shape index (κ2) is 12.2. The molecule has 53 heavy (non-hydrogen) atoms. The number of para-hydroxylation sites is 1. The molecule has 4 aromatic heterocycles. The maximum atomic E-state index is 14.6. The number of carbonyl (C=O) groups excluding carboxylic acids is 1. The van der Waals surface area contributed by atoms with E-state index < -0.39 is 35.6 Å². The molecule has 16 heteroatoms. The van der Waals surface area contributed by atoms with E-state index in [2.05, 4.69) is 15.5 Å². The van der Waals surface area contributed by atoms with Crippen LogP contribution in [-0.4, -0.2) is 59.2 Å². The smallest absolute Gasteiger partial charge is 0.282 e. The zero-order chi connectivity index (χ0) is 36.9. The SMILES string of the molecule is Cn1nc(N)c2cccc(-c3cc4sc(N5CC(C)(O)C5)nc4nc3[C@H](Cc3cc(F)cc(F)c3)NC(=O)Cn3nc(C(F)F)c4c3C3CC3CC4)c21. The predicted octanol–water partition coefficient (Wildman–Crippen LogP) is 5.96. The van der Waals surface area contributed by atoms with Gasteiger partial charge in [0.2, 0.25) is 5.91 Å². The van der Waals surface area contributed by atoms with Crippen molar-refractivity contribution in [3.05, 3.63) is 82.3 Å². The Morgan fingerprint density at radius 1 is 1.09 bits per heavy atom. The molecule has 2 aromatic carbocycles. The number of aliphatic hydroxyl groups is 1. The van der Waals surface area contributed by atoms with Crippen LogP contribution in [0.4, 0.5) is 28.5 Å². The topological polar surface area (TPSA) is 140 Å². The van der Waals surface area contributed by atoms with E-state index in [1.165, 1.54) is 28.2 Å². The number of nitrogens with zero attached hydrogens (tertiary/aromatic N) is 7. The fraction of sp³-hybridized carbons (Fsp3) is 0.378. The first-order valence-electron chi connectivity index (χ1n) is 17.4. The molecule has 1 saturated heterocycles. The molecule has 9 rings (SSSR count). The minimum absolute atomic E-state index is 0.0639. The second-order valence-electron chi connectivity index (χ2n) is 14.8. The van der Waals surface area contributed by atoms with E-state index in [4.69, 9.17) is 15.7 Å². The Bertz CT molecular complexity index is 2430. The second-order valence-corrected chi connectivity index (χ2v) is 15.8. The molecule has 1 aliphatic heterocycles. The Balaban J connectivity index is 1.17. The van der Waals surface area contributed by atoms with Gasteiger partial charge in [-0.25, -0.2) is 22.5 Å². The normalized spacial score (nSPS) is 19.4. The van der Waals surface area contributed by atoms with Crippen molar-refractivity contribution in [2.45, 2.75) is 63.1 Å². The van der Waals surface area contributed by atoms with E-state index in [9.17, 15) is 27.5 Å². The Hall–Kier alpha value is -5.09. The molecule has 6 aromatic rings. The Morgan fingerprint density at radius 3 is 2.60 bits per heavy atom. The van der Waals surface area contributed by atoms with Crippen molar-refractivity contribution in [2.24, 2.45) is 13.0 Å². The number of nitrogens with one attached hydrogen (secondary N) is 1. The highest BCUT2D eigenvalue weighted by atomic mass is 32.1. The van der Waals surface area contributed by atoms with Gasteiger partial charge >= 0.3 is 0 Å². The van der Waals surface area contributed by atoms with Gasteiger partial charge in [-0.1, -0.05) is 23.5 Å². The monoisotopic (exact) mass is 745 g/mol. The number of aromatic nitrogens is 6. The summed E-state index contributed by atoms with van der Waals surface area (Å²) in [6.45, 7) is 2.23. The lowest BCUT2D eigenvalue weighted by atomic mass is 9.94. The maximum absolute atomic E-state index is 14.6. The van der Waals surface area contributed by atoms with Crippen molar-refractivity contribution in [2.75, 3.05) is 23.7 Å². The van der Waals surface area contributed by atoms with Crippen molar-refractivity contribution in [1.82, 2.24) is 34.8 Å². The van der Waals surface area contributed by atoms with Crippen LogP contribution >= 0.6 is 11.3 Å². The number of thiazole rings is 1. The van der Waals surface area contributed by atoms with Crippen molar-refractivity contribution < 1.29 is 27.5 Å². The van der Waals surface area contributed by atoms with Crippen LogP contribution in [0.1, 0.15) is 66.4 Å². The summed E-state index contributed by atoms with van der Waals surface area (Å²) in [5, 5.41) is 23.5. The van der Waals surface area contributed by atoms with E-state index >= 15 is 0 Å². The molecule has 2 aliphatic carbocycles. The van der Waals surface area contributed by atoms with E-state index in [0.717, 1.165) is 23.6 Å². The number of fused-ring (bicyclic) bond motifs is 5. The molecule has 1 amide bonds. The number of halogens is 4. The number of aryl methyl sites for hydroxylation is 1. The van der Waals surface area contributed by atoms with Crippen LogP contribution in [0.3, 0.4) is 0 Å². The third-order valence-electron chi connectivity index (χ3n) is 10.6. The number of rotatable bonds is 9. The number of nitrogen functional groups attached to an aromatic ring is 1. The zero-order valence-corrected chi connectivity index (χ0v) is 29.6. The van der Waals surface area contributed by atoms with Gasteiger partial charge in [-0.2, -0.15) is 15.2 Å². The van der Waals surface area contributed by atoms with Crippen LogP contribution in [0, 0.1) is 17.6 Å². The Kier molecular flexibility index (Phi) is 7.78. The third-order valence-corrected chi connectivity index (χ3v) is 11.7. The lowest BCUT2D eigenvalue weighted by Crippen LogP contribution is -2.60. The summed E-state index contributed by atoms with van der Waals surface area (Å²) in [6, 6.07) is 9.71. The summed E-state index contributed by atoms with van der Waals surface area (Å²) in [5.74, 6) is -1.27. The summed E-state index contributed by atoms with van der Waals surface area (Å²) in [6.07, 6.45) is -0.646. The first-order valence-corrected chi connectivity index (χ1v) is 18.3. The number of amides is 1. The van der Waals surface area contributed by atoms with Crippen LogP contribution < -0.4 is 16.0 Å². The molecule has 274 valence electrons. The van der Waals surface area contributed by atoms with Crippen LogP contribution in [0.25, 0.3) is 32.4 Å². The number of nitrogens with two attached hydrogens (primary N) is 1. The fourth-order valence-electron chi connectivity index (χ4n) is 8.26. The average Bonchev–Trinajstić information content (AvgIpc) is 3.46. The van der Waals surface area contributed by atoms with Crippen LogP contribution in [0.2, 0.25) is 0 Å². The van der Waals surface area contributed by atoms with Crippen LogP contribution in [0.5, 0.6) is 0 Å². The number of anilines is 2. The zero-order valence-electron chi connectivity index (χ0n) is 28.8. The molecule has 3 aliphatic rings.